The van der Waals surface area contributed by atoms with Gasteiger partial charge in [0.25, 0.3) is 0 Å². The topological polar surface area (TPSA) is 107 Å². The van der Waals surface area contributed by atoms with Crippen molar-refractivity contribution in [2.24, 2.45) is 5.73 Å². The normalized spacial score (nSPS) is 12.1. The molecule has 5 aromatic rings. The maximum absolute atomic E-state index is 12.2. The molecule has 1 amide bonds. The summed E-state index contributed by atoms with van der Waals surface area (Å²) in [6, 6.07) is 37.0. The zero-order valence-corrected chi connectivity index (χ0v) is 24.2. The van der Waals surface area contributed by atoms with E-state index in [4.69, 9.17) is 16.5 Å². The monoisotopic (exact) mass is 639 g/mol. The fourth-order valence-corrected chi connectivity index (χ4v) is 5.70. The highest BCUT2D eigenvalue weighted by Gasteiger charge is 2.37. The van der Waals surface area contributed by atoms with Crippen molar-refractivity contribution in [1.29, 1.82) is 0 Å². The molecule has 1 atom stereocenters. The number of primary amides is 1. The zero-order valence-electron chi connectivity index (χ0n) is 22.1. The van der Waals surface area contributed by atoms with E-state index in [9.17, 15) is 4.79 Å². The number of hydrogen-bond donors (Lipinski definition) is 3. The molecule has 5 N–H and O–H groups in total. The van der Waals surface area contributed by atoms with Gasteiger partial charge < -0.3 is 16.8 Å². The molecule has 7 heteroatoms. The van der Waals surface area contributed by atoms with Gasteiger partial charge in [-0.15, -0.1) is 0 Å². The molecule has 0 aliphatic carbocycles. The first kappa shape index (κ1) is 27.3. The number of benzene rings is 3. The van der Waals surface area contributed by atoms with E-state index in [-0.39, 0.29) is 6.42 Å². The molecule has 2 aromatic heterocycles. The second kappa shape index (κ2) is 11.9. The number of pyridine rings is 2. The van der Waals surface area contributed by atoms with Gasteiger partial charge in [0.05, 0.1) is 5.69 Å². The van der Waals surface area contributed by atoms with Gasteiger partial charge in [-0.1, -0.05) is 91.0 Å². The Morgan fingerprint density at radius 1 is 0.875 bits per heavy atom. The minimum absolute atomic E-state index is 0.0586. The van der Waals surface area contributed by atoms with Crippen molar-refractivity contribution < 1.29 is 4.79 Å². The number of carbonyl (C=O) groups is 1. The summed E-state index contributed by atoms with van der Waals surface area (Å²) < 4.78 is 0.915. The van der Waals surface area contributed by atoms with Crippen LogP contribution in [0.15, 0.2) is 115 Å². The first-order chi connectivity index (χ1) is 19.4. The SMILES string of the molecule is Cc1cc(NC(c2ccccc2)(c2ccccc2)c2ccccc2)nc(C(CC(N)=O)c2cc(I)cnc2N)c1. The van der Waals surface area contributed by atoms with Crippen LogP contribution in [0.25, 0.3) is 0 Å². The van der Waals surface area contributed by atoms with E-state index < -0.39 is 17.4 Å². The lowest BCUT2D eigenvalue weighted by molar-refractivity contribution is -0.118. The molecule has 40 heavy (non-hydrogen) atoms. The highest BCUT2D eigenvalue weighted by atomic mass is 127. The van der Waals surface area contributed by atoms with Crippen molar-refractivity contribution >= 4 is 40.1 Å². The number of nitrogen functional groups attached to an aromatic ring is 1. The van der Waals surface area contributed by atoms with E-state index in [0.29, 0.717) is 17.3 Å². The van der Waals surface area contributed by atoms with Gasteiger partial charge in [-0.2, -0.15) is 0 Å². The lowest BCUT2D eigenvalue weighted by Crippen LogP contribution is -2.38. The number of halogens is 1. The molecule has 200 valence electrons. The molecule has 2 heterocycles. The van der Waals surface area contributed by atoms with E-state index in [1.807, 2.05) is 79.7 Å². The largest absolute Gasteiger partial charge is 0.383 e. The van der Waals surface area contributed by atoms with Crippen molar-refractivity contribution in [3.05, 3.63) is 152 Å². The van der Waals surface area contributed by atoms with Crippen molar-refractivity contribution in [3.8, 4) is 0 Å². The van der Waals surface area contributed by atoms with Crippen molar-refractivity contribution in [1.82, 2.24) is 9.97 Å². The zero-order chi connectivity index (χ0) is 28.1. The van der Waals surface area contributed by atoms with E-state index >= 15 is 0 Å². The summed E-state index contributed by atoms with van der Waals surface area (Å²) in [6.45, 7) is 2.02. The Hall–Kier alpha value is -4.24. The maximum atomic E-state index is 12.2. The second-order valence-electron chi connectivity index (χ2n) is 9.78. The Balaban J connectivity index is 1.71. The molecular weight excluding hydrogens is 609 g/mol. The molecule has 0 aliphatic heterocycles. The van der Waals surface area contributed by atoms with Gasteiger partial charge >= 0.3 is 0 Å². The lowest BCUT2D eigenvalue weighted by atomic mass is 9.77. The second-order valence-corrected chi connectivity index (χ2v) is 11.0. The maximum Gasteiger partial charge on any atom is 0.218 e. The fraction of sp³-hybridized carbons (Fsp3) is 0.121. The number of anilines is 2. The summed E-state index contributed by atoms with van der Waals surface area (Å²) in [6.07, 6.45) is 1.76. The number of aryl methyl sites for hydroxylation is 1. The van der Waals surface area contributed by atoms with Crippen LogP contribution in [0, 0.1) is 10.5 Å². The number of amides is 1. The fourth-order valence-electron chi connectivity index (χ4n) is 5.23. The summed E-state index contributed by atoms with van der Waals surface area (Å²) in [5.74, 6) is 0.142. The van der Waals surface area contributed by atoms with Crippen LogP contribution in [0.4, 0.5) is 11.6 Å². The molecule has 6 nitrogen and oxygen atoms in total. The summed E-state index contributed by atoms with van der Waals surface area (Å²) in [7, 11) is 0. The summed E-state index contributed by atoms with van der Waals surface area (Å²) in [4.78, 5) is 21.6. The molecule has 1 unspecified atom stereocenters. The number of nitrogens with zero attached hydrogens (tertiary/aromatic N) is 2. The highest BCUT2D eigenvalue weighted by molar-refractivity contribution is 14.1. The van der Waals surface area contributed by atoms with Crippen LogP contribution in [0.3, 0.4) is 0 Å². The molecule has 5 rings (SSSR count). The third kappa shape index (κ3) is 5.70. The average Bonchev–Trinajstić information content (AvgIpc) is 2.97. The molecule has 0 spiro atoms. The van der Waals surface area contributed by atoms with Crippen LogP contribution in [0.5, 0.6) is 0 Å². The van der Waals surface area contributed by atoms with Gasteiger partial charge in [0.15, 0.2) is 0 Å². The van der Waals surface area contributed by atoms with Crippen LogP contribution in [-0.4, -0.2) is 15.9 Å². The third-order valence-electron chi connectivity index (χ3n) is 6.98. The Morgan fingerprint density at radius 3 is 1.90 bits per heavy atom. The van der Waals surface area contributed by atoms with Gasteiger partial charge in [-0.05, 0) is 70.0 Å². The predicted molar refractivity (Wildman–Crippen MR) is 169 cm³/mol. The van der Waals surface area contributed by atoms with Crippen LogP contribution in [0.2, 0.25) is 0 Å². The molecule has 0 fully saturated rings. The quantitative estimate of drug-likeness (QED) is 0.128. The predicted octanol–water partition coefficient (Wildman–Crippen LogP) is 6.38. The summed E-state index contributed by atoms with van der Waals surface area (Å²) >= 11 is 2.19. The lowest BCUT2D eigenvalue weighted by Gasteiger charge is -2.37. The number of aromatic nitrogens is 2. The molecule has 0 aliphatic rings. The molecule has 0 radical (unpaired) electrons. The van der Waals surface area contributed by atoms with Gasteiger partial charge in [0.2, 0.25) is 5.91 Å². The molecule has 0 saturated carbocycles. The van der Waals surface area contributed by atoms with E-state index in [1.165, 1.54) is 0 Å². The summed E-state index contributed by atoms with van der Waals surface area (Å²) in [5, 5.41) is 3.83. The molecule has 3 aromatic carbocycles. The number of nitrogens with one attached hydrogen (secondary N) is 1. The minimum Gasteiger partial charge on any atom is -0.383 e. The summed E-state index contributed by atoms with van der Waals surface area (Å²) in [5.41, 5.74) is 16.9. The van der Waals surface area contributed by atoms with E-state index in [2.05, 4.69) is 69.3 Å². The Morgan fingerprint density at radius 2 is 1.40 bits per heavy atom. The van der Waals surface area contributed by atoms with Gasteiger partial charge in [-0.25, -0.2) is 9.97 Å². The smallest absolute Gasteiger partial charge is 0.218 e. The Labute approximate surface area is 248 Å². The number of carbonyl (C=O) groups excluding carboxylic acids is 1. The van der Waals surface area contributed by atoms with Crippen LogP contribution in [0.1, 0.15) is 45.8 Å². The van der Waals surface area contributed by atoms with Crippen molar-refractivity contribution in [3.63, 3.8) is 0 Å². The molecular formula is C33H30IN5O. The molecule has 0 bridgehead atoms. The van der Waals surface area contributed by atoms with Gasteiger partial charge in [0.1, 0.15) is 17.2 Å². The standard InChI is InChI=1S/C33H30IN5O/c1-22-17-29(27(20-30(35)40)28-19-26(34)21-37-32(28)36)38-31(18-22)39-33(23-11-5-2-6-12-23,24-13-7-3-8-14-24)25-15-9-4-10-16-25/h2-19,21,27H,20H2,1H3,(H2,35,40)(H2,36,37)(H,38,39). The van der Waals surface area contributed by atoms with Crippen molar-refractivity contribution in [2.45, 2.75) is 24.8 Å². The van der Waals surface area contributed by atoms with Crippen LogP contribution in [-0.2, 0) is 10.3 Å². The van der Waals surface area contributed by atoms with Crippen LogP contribution >= 0.6 is 22.6 Å². The first-order valence-corrected chi connectivity index (χ1v) is 14.1. The third-order valence-corrected chi connectivity index (χ3v) is 7.57. The van der Waals surface area contributed by atoms with Gasteiger partial charge in [0, 0.05) is 27.7 Å². The number of hydrogen-bond acceptors (Lipinski definition) is 5. The Kier molecular flexibility index (Phi) is 8.11. The average molecular weight is 640 g/mol. The van der Waals surface area contributed by atoms with Crippen LogP contribution < -0.4 is 16.8 Å². The minimum atomic E-state index is -0.746. The molecule has 0 saturated heterocycles. The van der Waals surface area contributed by atoms with E-state index in [0.717, 1.165) is 31.4 Å². The van der Waals surface area contributed by atoms with Crippen molar-refractivity contribution in [2.75, 3.05) is 11.1 Å². The van der Waals surface area contributed by atoms with Gasteiger partial charge in [-0.3, -0.25) is 4.79 Å². The first-order valence-electron chi connectivity index (χ1n) is 13.0. The number of nitrogens with two attached hydrogens (primary N) is 2. The Bertz CT molecular complexity index is 1510. The number of rotatable bonds is 9. The van der Waals surface area contributed by atoms with E-state index in [1.54, 1.807) is 6.20 Å². The highest BCUT2D eigenvalue weighted by Crippen LogP contribution is 2.40.